The molecule has 0 fully saturated rings. The maximum Gasteiger partial charge on any atom is 0.141 e. The second kappa shape index (κ2) is 7.75. The van der Waals surface area contributed by atoms with Gasteiger partial charge in [0, 0.05) is 16.3 Å². The fraction of sp³-hybridized carbons (Fsp3) is 0.138. The molecule has 2 N–H and O–H groups in total. The van der Waals surface area contributed by atoms with E-state index in [-0.39, 0.29) is 0 Å². The molecule has 0 saturated heterocycles. The molecular formula is C29H20N4O. The monoisotopic (exact) mass is 440 g/mol. The summed E-state index contributed by atoms with van der Waals surface area (Å²) in [5, 5.41) is 33.3. The van der Waals surface area contributed by atoms with Crippen LogP contribution in [0.2, 0.25) is 0 Å². The molecule has 0 amide bonds. The van der Waals surface area contributed by atoms with Crippen LogP contribution in [-0.2, 0) is 0 Å². The molecule has 0 bridgehead atoms. The average molecular weight is 441 g/mol. The quantitative estimate of drug-likeness (QED) is 0.258. The van der Waals surface area contributed by atoms with Crippen LogP contribution in [-0.4, -0.2) is 20.7 Å². The highest BCUT2D eigenvalue weighted by Gasteiger charge is 2.18. The van der Waals surface area contributed by atoms with Crippen molar-refractivity contribution < 1.29 is 5.11 Å². The third kappa shape index (κ3) is 3.54. The summed E-state index contributed by atoms with van der Waals surface area (Å²) < 4.78 is 0. The van der Waals surface area contributed by atoms with Crippen LogP contribution in [0.1, 0.15) is 36.1 Å². The van der Waals surface area contributed by atoms with E-state index < -0.39 is 5.60 Å². The Bertz CT molecular complexity index is 1750. The van der Waals surface area contributed by atoms with Crippen molar-refractivity contribution in [1.82, 2.24) is 9.97 Å². The predicted molar refractivity (Wildman–Crippen MR) is 134 cm³/mol. The van der Waals surface area contributed by atoms with Gasteiger partial charge in [-0.1, -0.05) is 47.7 Å². The molecule has 5 heteroatoms. The number of aliphatic hydroxyl groups is 1. The lowest BCUT2D eigenvalue weighted by molar-refractivity contribution is 0.143. The number of aryl methyl sites for hydroxylation is 1. The number of aromatic nitrogens is 2. The van der Waals surface area contributed by atoms with Gasteiger partial charge in [-0.05, 0) is 55.8 Å². The number of hydrogen-bond acceptors (Lipinski definition) is 4. The molecule has 0 radical (unpaired) electrons. The van der Waals surface area contributed by atoms with Gasteiger partial charge >= 0.3 is 0 Å². The van der Waals surface area contributed by atoms with Crippen molar-refractivity contribution in [1.29, 1.82) is 10.5 Å². The zero-order chi connectivity index (χ0) is 24.0. The van der Waals surface area contributed by atoms with Gasteiger partial charge in [0.1, 0.15) is 11.4 Å². The van der Waals surface area contributed by atoms with Crippen LogP contribution in [0.5, 0.6) is 0 Å². The van der Waals surface area contributed by atoms with Gasteiger partial charge in [0.05, 0.1) is 39.9 Å². The van der Waals surface area contributed by atoms with Crippen LogP contribution in [0.25, 0.3) is 44.0 Å². The summed E-state index contributed by atoms with van der Waals surface area (Å²) in [6.07, 6.45) is 0. The van der Waals surface area contributed by atoms with E-state index >= 15 is 0 Å². The van der Waals surface area contributed by atoms with Crippen molar-refractivity contribution in [3.05, 3.63) is 76.9 Å². The van der Waals surface area contributed by atoms with Crippen LogP contribution in [0.15, 0.2) is 54.6 Å². The number of H-pyrrole nitrogens is 1. The first kappa shape index (κ1) is 21.2. The van der Waals surface area contributed by atoms with Crippen LogP contribution in [0.4, 0.5) is 0 Å². The second-order valence-electron chi connectivity index (χ2n) is 8.88. The molecular weight excluding hydrogens is 420 g/mol. The number of rotatable bonds is 1. The van der Waals surface area contributed by atoms with Gasteiger partial charge in [0.15, 0.2) is 0 Å². The van der Waals surface area contributed by atoms with E-state index in [0.717, 1.165) is 43.7 Å². The van der Waals surface area contributed by atoms with E-state index in [4.69, 9.17) is 4.98 Å². The van der Waals surface area contributed by atoms with Gasteiger partial charge in [0.2, 0.25) is 0 Å². The Hall–Kier alpha value is -4.63. The highest BCUT2D eigenvalue weighted by Crippen LogP contribution is 2.37. The van der Waals surface area contributed by atoms with Crippen LogP contribution in [0, 0.1) is 41.4 Å². The summed E-state index contributed by atoms with van der Waals surface area (Å²) in [4.78, 5) is 8.28. The molecule has 5 aromatic rings. The maximum absolute atomic E-state index is 10.0. The fourth-order valence-corrected chi connectivity index (χ4v) is 4.25. The van der Waals surface area contributed by atoms with Crippen LogP contribution < -0.4 is 0 Å². The largest absolute Gasteiger partial charge is 0.378 e. The summed E-state index contributed by atoms with van der Waals surface area (Å²) in [6.45, 7) is 5.36. The molecule has 0 spiro atoms. The first-order chi connectivity index (χ1) is 16.3. The summed E-state index contributed by atoms with van der Waals surface area (Å²) in [6, 6.07) is 21.6. The zero-order valence-electron chi connectivity index (χ0n) is 19.0. The minimum absolute atomic E-state index is 0.395. The number of nitrogens with zero attached hydrogens (tertiary/aromatic N) is 3. The number of aromatic amines is 1. The lowest BCUT2D eigenvalue weighted by Crippen LogP contribution is -2.14. The number of benzene rings is 4. The van der Waals surface area contributed by atoms with Gasteiger partial charge in [-0.2, -0.15) is 10.5 Å². The van der Waals surface area contributed by atoms with E-state index in [2.05, 4.69) is 47.2 Å². The smallest absolute Gasteiger partial charge is 0.141 e. The molecule has 0 atom stereocenters. The van der Waals surface area contributed by atoms with Crippen LogP contribution in [0.3, 0.4) is 0 Å². The van der Waals surface area contributed by atoms with Crippen LogP contribution >= 0.6 is 0 Å². The zero-order valence-corrected chi connectivity index (χ0v) is 19.0. The number of fused-ring (bicyclic) bond motifs is 6. The molecule has 0 unspecified atom stereocenters. The van der Waals surface area contributed by atoms with E-state index in [0.29, 0.717) is 22.5 Å². The van der Waals surface area contributed by atoms with Crippen molar-refractivity contribution >= 4 is 32.6 Å². The van der Waals surface area contributed by atoms with Gasteiger partial charge in [-0.3, -0.25) is 0 Å². The Balaban J connectivity index is 1.88. The molecule has 1 heterocycles. The first-order valence-electron chi connectivity index (χ1n) is 10.8. The standard InChI is InChI=1S/C29H20N4O/c1-17-7-9-21-23(13-17)24-14-18(11-12-29(2,3)34)8-10-22(24)27-26(21)32-28(33-27)25-19(15-30)5-4-6-20(25)16-31/h4-10,13-14,34H,1-3H3,(H,32,33). The summed E-state index contributed by atoms with van der Waals surface area (Å²) in [5.74, 6) is 6.43. The summed E-state index contributed by atoms with van der Waals surface area (Å²) in [5.41, 5.74) is 3.76. The van der Waals surface area contributed by atoms with Gasteiger partial charge in [-0.15, -0.1) is 0 Å². The Morgan fingerprint density at radius 1 is 0.882 bits per heavy atom. The molecule has 0 aliphatic heterocycles. The van der Waals surface area contributed by atoms with Crippen molar-refractivity contribution in [2.75, 3.05) is 0 Å². The second-order valence-corrected chi connectivity index (χ2v) is 8.88. The maximum atomic E-state index is 10.0. The third-order valence-electron chi connectivity index (χ3n) is 5.77. The van der Waals surface area contributed by atoms with Crippen molar-refractivity contribution in [2.24, 2.45) is 0 Å². The molecule has 34 heavy (non-hydrogen) atoms. The molecule has 162 valence electrons. The highest BCUT2D eigenvalue weighted by atomic mass is 16.3. The molecule has 1 aromatic heterocycles. The fourth-order valence-electron chi connectivity index (χ4n) is 4.25. The first-order valence-corrected chi connectivity index (χ1v) is 10.8. The minimum Gasteiger partial charge on any atom is -0.378 e. The van der Waals surface area contributed by atoms with Gasteiger partial charge < -0.3 is 10.1 Å². The average Bonchev–Trinajstić information content (AvgIpc) is 3.26. The van der Waals surface area contributed by atoms with Crippen molar-refractivity contribution in [3.63, 3.8) is 0 Å². The van der Waals surface area contributed by atoms with Gasteiger partial charge in [-0.25, -0.2) is 4.98 Å². The molecule has 0 aliphatic rings. The van der Waals surface area contributed by atoms with E-state index in [1.165, 1.54) is 0 Å². The number of nitrogens with one attached hydrogen (secondary N) is 1. The molecule has 0 aliphatic carbocycles. The Labute approximate surface area is 196 Å². The van der Waals surface area contributed by atoms with E-state index in [1.54, 1.807) is 32.0 Å². The predicted octanol–water partition coefficient (Wildman–Crippen LogP) is 5.71. The third-order valence-corrected chi connectivity index (χ3v) is 5.77. The number of hydrogen-bond donors (Lipinski definition) is 2. The Morgan fingerprint density at radius 2 is 1.56 bits per heavy atom. The normalized spacial score (nSPS) is 11.2. The lowest BCUT2D eigenvalue weighted by atomic mass is 9.97. The van der Waals surface area contributed by atoms with E-state index in [1.807, 2.05) is 25.1 Å². The van der Waals surface area contributed by atoms with Crippen molar-refractivity contribution in [3.8, 4) is 35.4 Å². The van der Waals surface area contributed by atoms with E-state index in [9.17, 15) is 15.6 Å². The number of imidazole rings is 1. The van der Waals surface area contributed by atoms with Gasteiger partial charge in [0.25, 0.3) is 0 Å². The molecule has 0 saturated carbocycles. The number of nitriles is 2. The summed E-state index contributed by atoms with van der Waals surface area (Å²) >= 11 is 0. The molecule has 5 rings (SSSR count). The Kier molecular flexibility index (Phi) is 4.84. The SMILES string of the molecule is Cc1ccc2c(c1)c1cc(C#CC(C)(C)O)ccc1c1nc(-c3c(C#N)cccc3C#N)[nH]c21. The molecule has 4 aromatic carbocycles. The van der Waals surface area contributed by atoms with Crippen molar-refractivity contribution in [2.45, 2.75) is 26.4 Å². The topological polar surface area (TPSA) is 96.5 Å². The summed E-state index contributed by atoms with van der Waals surface area (Å²) in [7, 11) is 0. The minimum atomic E-state index is -1.08. The molecule has 5 nitrogen and oxygen atoms in total. The lowest BCUT2D eigenvalue weighted by Gasteiger charge is -2.09. The Morgan fingerprint density at radius 3 is 2.24 bits per heavy atom. The highest BCUT2D eigenvalue weighted by molar-refractivity contribution is 6.24.